The number of halogens is 3. The van der Waals surface area contributed by atoms with Crippen molar-refractivity contribution in [3.05, 3.63) is 69.8 Å². The first-order valence-electron chi connectivity index (χ1n) is 12.5. The standard InChI is InChI=1S/C29H32F3NO5/c1-18(2)38-26-8-5-20(12-25(26)29(30,31)32)16-36-23-7-6-22-11-21(17-37-27(22)13-23)14-33-10-9-19(3)24(15-33)28(34)35-4/h5-8,11-13,18H,9-10,14-17H2,1-4H3. The molecule has 2 aromatic carbocycles. The number of hydrogen-bond donors (Lipinski definition) is 0. The smallest absolute Gasteiger partial charge is 0.419 e. The van der Waals surface area contributed by atoms with Gasteiger partial charge in [0, 0.05) is 31.3 Å². The maximum absolute atomic E-state index is 13.5. The Balaban J connectivity index is 1.40. The summed E-state index contributed by atoms with van der Waals surface area (Å²) in [5.41, 5.74) is 3.31. The second-order valence-electron chi connectivity index (χ2n) is 9.79. The number of alkyl halides is 3. The van der Waals surface area contributed by atoms with Crippen LogP contribution < -0.4 is 14.2 Å². The molecule has 2 aromatic rings. The van der Waals surface area contributed by atoms with E-state index in [9.17, 15) is 18.0 Å². The Morgan fingerprint density at radius 3 is 2.66 bits per heavy atom. The number of carbonyl (C=O) groups excluding carboxylic acids is 1. The van der Waals surface area contributed by atoms with Crippen molar-refractivity contribution in [1.29, 1.82) is 0 Å². The van der Waals surface area contributed by atoms with Crippen molar-refractivity contribution in [2.24, 2.45) is 0 Å². The van der Waals surface area contributed by atoms with Gasteiger partial charge in [-0.1, -0.05) is 11.6 Å². The van der Waals surface area contributed by atoms with Crippen LogP contribution in [0.3, 0.4) is 0 Å². The molecule has 0 N–H and O–H groups in total. The highest BCUT2D eigenvalue weighted by molar-refractivity contribution is 5.89. The second kappa shape index (κ2) is 11.5. The van der Waals surface area contributed by atoms with Gasteiger partial charge >= 0.3 is 12.1 Å². The van der Waals surface area contributed by atoms with Crippen LogP contribution in [0.5, 0.6) is 17.2 Å². The summed E-state index contributed by atoms with van der Waals surface area (Å²) in [6, 6.07) is 9.34. The zero-order valence-electron chi connectivity index (χ0n) is 22.0. The highest BCUT2D eigenvalue weighted by atomic mass is 19.4. The summed E-state index contributed by atoms with van der Waals surface area (Å²) in [7, 11) is 1.40. The van der Waals surface area contributed by atoms with Crippen LogP contribution in [-0.2, 0) is 22.3 Å². The zero-order valence-corrected chi connectivity index (χ0v) is 22.0. The van der Waals surface area contributed by atoms with Crippen molar-refractivity contribution in [3.63, 3.8) is 0 Å². The molecule has 204 valence electrons. The molecular formula is C29H32F3NO5. The van der Waals surface area contributed by atoms with Crippen LogP contribution in [0, 0.1) is 0 Å². The Kier molecular flexibility index (Phi) is 8.35. The minimum Gasteiger partial charge on any atom is -0.490 e. The third-order valence-electron chi connectivity index (χ3n) is 6.43. The van der Waals surface area contributed by atoms with Crippen LogP contribution in [0.15, 0.2) is 53.1 Å². The Hall–Kier alpha value is -3.46. The van der Waals surface area contributed by atoms with E-state index < -0.39 is 11.7 Å². The van der Waals surface area contributed by atoms with Crippen LogP contribution in [-0.4, -0.2) is 50.3 Å². The summed E-state index contributed by atoms with van der Waals surface area (Å²) in [5, 5.41) is 0. The Labute approximate surface area is 220 Å². The molecule has 4 rings (SSSR count). The van der Waals surface area contributed by atoms with E-state index in [-0.39, 0.29) is 24.4 Å². The van der Waals surface area contributed by atoms with Gasteiger partial charge in [-0.2, -0.15) is 13.2 Å². The third kappa shape index (κ3) is 6.69. The van der Waals surface area contributed by atoms with Gasteiger partial charge in [-0.25, -0.2) is 4.79 Å². The Bertz CT molecular complexity index is 1250. The van der Waals surface area contributed by atoms with Crippen LogP contribution in [0.4, 0.5) is 13.2 Å². The molecule has 0 fully saturated rings. The second-order valence-corrected chi connectivity index (χ2v) is 9.79. The van der Waals surface area contributed by atoms with Crippen LogP contribution in [0.1, 0.15) is 43.9 Å². The lowest BCUT2D eigenvalue weighted by Gasteiger charge is -2.30. The lowest BCUT2D eigenvalue weighted by Crippen LogP contribution is -2.36. The molecule has 6 nitrogen and oxygen atoms in total. The minimum atomic E-state index is -4.53. The highest BCUT2D eigenvalue weighted by Crippen LogP contribution is 2.38. The fourth-order valence-electron chi connectivity index (χ4n) is 4.48. The summed E-state index contributed by atoms with van der Waals surface area (Å²) in [6.45, 7) is 7.75. The summed E-state index contributed by atoms with van der Waals surface area (Å²) >= 11 is 0. The molecule has 0 unspecified atom stereocenters. The maximum Gasteiger partial charge on any atom is 0.419 e. The fourth-order valence-corrected chi connectivity index (χ4v) is 4.48. The lowest BCUT2D eigenvalue weighted by atomic mass is 10.00. The first-order chi connectivity index (χ1) is 18.0. The van der Waals surface area contributed by atoms with Crippen molar-refractivity contribution < 1.29 is 36.9 Å². The van der Waals surface area contributed by atoms with Crippen molar-refractivity contribution in [2.75, 3.05) is 33.4 Å². The monoisotopic (exact) mass is 531 g/mol. The average Bonchev–Trinajstić information content (AvgIpc) is 2.87. The molecule has 0 atom stereocenters. The molecule has 2 aliphatic heterocycles. The van der Waals surface area contributed by atoms with E-state index >= 15 is 0 Å². The molecule has 2 aliphatic rings. The van der Waals surface area contributed by atoms with Crippen molar-refractivity contribution in [3.8, 4) is 17.2 Å². The number of esters is 1. The molecule has 0 radical (unpaired) electrons. The molecule has 0 bridgehead atoms. The van der Waals surface area contributed by atoms with E-state index in [1.807, 2.05) is 13.0 Å². The van der Waals surface area contributed by atoms with Crippen molar-refractivity contribution >= 4 is 12.0 Å². The zero-order chi connectivity index (χ0) is 27.4. The highest BCUT2D eigenvalue weighted by Gasteiger charge is 2.35. The summed E-state index contributed by atoms with van der Waals surface area (Å²) in [4.78, 5) is 14.3. The molecule has 0 saturated heterocycles. The molecule has 0 aliphatic carbocycles. The van der Waals surface area contributed by atoms with Gasteiger partial charge in [0.1, 0.15) is 30.5 Å². The van der Waals surface area contributed by atoms with E-state index in [1.54, 1.807) is 32.0 Å². The van der Waals surface area contributed by atoms with Crippen LogP contribution in [0.25, 0.3) is 6.08 Å². The number of fused-ring (bicyclic) bond motifs is 1. The van der Waals surface area contributed by atoms with Crippen LogP contribution in [0.2, 0.25) is 0 Å². The molecule has 0 saturated carbocycles. The molecule has 0 spiro atoms. The first kappa shape index (κ1) is 27.6. The molecular weight excluding hydrogens is 499 g/mol. The predicted molar refractivity (Wildman–Crippen MR) is 137 cm³/mol. The normalized spacial score (nSPS) is 16.1. The van der Waals surface area contributed by atoms with Crippen molar-refractivity contribution in [1.82, 2.24) is 4.90 Å². The van der Waals surface area contributed by atoms with Gasteiger partial charge in [-0.05, 0) is 68.7 Å². The topological polar surface area (TPSA) is 57.2 Å². The molecule has 9 heteroatoms. The van der Waals surface area contributed by atoms with E-state index in [2.05, 4.69) is 11.0 Å². The number of methoxy groups -OCH3 is 1. The predicted octanol–water partition coefficient (Wildman–Crippen LogP) is 6.04. The van der Waals surface area contributed by atoms with Crippen molar-refractivity contribution in [2.45, 2.75) is 46.1 Å². The van der Waals surface area contributed by atoms with Gasteiger partial charge in [0.25, 0.3) is 0 Å². The first-order valence-corrected chi connectivity index (χ1v) is 12.5. The number of ether oxygens (including phenoxy) is 4. The Morgan fingerprint density at radius 1 is 1.16 bits per heavy atom. The van der Waals surface area contributed by atoms with E-state index in [4.69, 9.17) is 18.9 Å². The van der Waals surface area contributed by atoms with Gasteiger partial charge in [0.05, 0.1) is 24.4 Å². The lowest BCUT2D eigenvalue weighted by molar-refractivity contribution is -0.139. The maximum atomic E-state index is 13.5. The molecule has 2 heterocycles. The summed E-state index contributed by atoms with van der Waals surface area (Å²) in [5.74, 6) is 0.662. The van der Waals surface area contributed by atoms with Gasteiger partial charge in [-0.3, -0.25) is 4.90 Å². The number of carbonyl (C=O) groups is 1. The number of hydrogen-bond acceptors (Lipinski definition) is 6. The summed E-state index contributed by atoms with van der Waals surface area (Å²) < 4.78 is 62.6. The number of nitrogens with zero attached hydrogens (tertiary/aromatic N) is 1. The van der Waals surface area contributed by atoms with E-state index in [0.29, 0.717) is 42.3 Å². The quantitative estimate of drug-likeness (QED) is 0.387. The minimum absolute atomic E-state index is 0.0324. The van der Waals surface area contributed by atoms with Gasteiger partial charge in [0.15, 0.2) is 0 Å². The average molecular weight is 532 g/mol. The Morgan fingerprint density at radius 2 is 1.95 bits per heavy atom. The van der Waals surface area contributed by atoms with E-state index in [0.717, 1.165) is 35.7 Å². The number of benzene rings is 2. The largest absolute Gasteiger partial charge is 0.490 e. The van der Waals surface area contributed by atoms with Gasteiger partial charge in [0.2, 0.25) is 0 Å². The fraction of sp³-hybridized carbons (Fsp3) is 0.414. The van der Waals surface area contributed by atoms with Gasteiger partial charge < -0.3 is 18.9 Å². The third-order valence-corrected chi connectivity index (χ3v) is 6.43. The van der Waals surface area contributed by atoms with E-state index in [1.165, 1.54) is 13.2 Å². The van der Waals surface area contributed by atoms with Gasteiger partial charge in [-0.15, -0.1) is 0 Å². The summed E-state index contributed by atoms with van der Waals surface area (Å²) in [6.07, 6.45) is -2.03. The molecule has 0 aromatic heterocycles. The molecule has 0 amide bonds. The molecule has 38 heavy (non-hydrogen) atoms. The number of rotatable bonds is 8. The van der Waals surface area contributed by atoms with Crippen LogP contribution >= 0.6 is 0 Å². The SMILES string of the molecule is COC(=O)C1=C(C)CCN(CC2=Cc3ccc(OCc4ccc(OC(C)C)c(C(F)(F)F)c4)cc3OC2)C1.